The van der Waals surface area contributed by atoms with Gasteiger partial charge in [-0.2, -0.15) is 5.10 Å². The number of carbonyl (C=O) groups is 2. The summed E-state index contributed by atoms with van der Waals surface area (Å²) in [5.74, 6) is 0.0394. The van der Waals surface area contributed by atoms with Crippen molar-refractivity contribution < 1.29 is 23.8 Å². The fourth-order valence-electron chi connectivity index (χ4n) is 2.25. The zero-order valence-electron chi connectivity index (χ0n) is 16.0. The Kier molecular flexibility index (Phi) is 7.83. The summed E-state index contributed by atoms with van der Waals surface area (Å²) in [6, 6.07) is 11.9. The lowest BCUT2D eigenvalue weighted by Gasteiger charge is -2.11. The lowest BCUT2D eigenvalue weighted by molar-refractivity contribution is -0.136. The first-order valence-electron chi connectivity index (χ1n) is 8.75. The highest BCUT2D eigenvalue weighted by Crippen LogP contribution is 2.27. The smallest absolute Gasteiger partial charge is 0.329 e. The predicted molar refractivity (Wildman–Crippen MR) is 106 cm³/mol. The summed E-state index contributed by atoms with van der Waals surface area (Å²) in [5, 5.41) is 6.28. The van der Waals surface area contributed by atoms with Gasteiger partial charge in [-0.1, -0.05) is 6.07 Å². The topological polar surface area (TPSA) is 98.2 Å². The molecule has 148 valence electrons. The Balaban J connectivity index is 1.96. The number of ether oxygens (including phenoxy) is 3. The standard InChI is InChI=1S/C20H23N3O5/c1-4-27-17-10-9-14(11-18(17)28-5-2)13-21-23-20(25)19(24)22-15-7-6-8-16(12-15)26-3/h6-13H,4-5H2,1-3H3,(H,22,24)(H,23,25)/b21-13-. The van der Waals surface area contributed by atoms with Gasteiger partial charge in [0.15, 0.2) is 11.5 Å². The molecule has 0 spiro atoms. The van der Waals surface area contributed by atoms with Gasteiger partial charge >= 0.3 is 11.8 Å². The molecule has 28 heavy (non-hydrogen) atoms. The second-order valence-corrected chi connectivity index (χ2v) is 5.46. The van der Waals surface area contributed by atoms with E-state index in [4.69, 9.17) is 14.2 Å². The van der Waals surface area contributed by atoms with E-state index in [0.29, 0.717) is 41.7 Å². The summed E-state index contributed by atoms with van der Waals surface area (Å²) in [4.78, 5) is 23.8. The number of hydrogen-bond donors (Lipinski definition) is 2. The molecule has 0 unspecified atom stereocenters. The molecule has 0 aliphatic carbocycles. The zero-order chi connectivity index (χ0) is 20.4. The molecule has 2 aromatic rings. The van der Waals surface area contributed by atoms with Gasteiger partial charge in [0.05, 0.1) is 26.5 Å². The number of hydrogen-bond acceptors (Lipinski definition) is 6. The first-order valence-corrected chi connectivity index (χ1v) is 8.75. The fourth-order valence-corrected chi connectivity index (χ4v) is 2.25. The third-order valence-electron chi connectivity index (χ3n) is 3.48. The molecule has 2 aromatic carbocycles. The van der Waals surface area contributed by atoms with Crippen LogP contribution in [0, 0.1) is 0 Å². The Labute approximate surface area is 163 Å². The van der Waals surface area contributed by atoms with Gasteiger partial charge in [0, 0.05) is 11.8 Å². The number of carbonyl (C=O) groups excluding carboxylic acids is 2. The van der Waals surface area contributed by atoms with Crippen molar-refractivity contribution in [1.82, 2.24) is 5.43 Å². The second-order valence-electron chi connectivity index (χ2n) is 5.46. The Morgan fingerprint density at radius 2 is 1.75 bits per heavy atom. The number of hydrazone groups is 1. The summed E-state index contributed by atoms with van der Waals surface area (Å²) in [7, 11) is 1.51. The number of methoxy groups -OCH3 is 1. The Hall–Kier alpha value is -3.55. The van der Waals surface area contributed by atoms with Gasteiger partial charge in [0.25, 0.3) is 0 Å². The monoisotopic (exact) mass is 385 g/mol. The van der Waals surface area contributed by atoms with Gasteiger partial charge < -0.3 is 19.5 Å². The Bertz CT molecular complexity index is 851. The molecular weight excluding hydrogens is 362 g/mol. The van der Waals surface area contributed by atoms with E-state index in [9.17, 15) is 9.59 Å². The Morgan fingerprint density at radius 1 is 1.00 bits per heavy atom. The largest absolute Gasteiger partial charge is 0.497 e. The van der Waals surface area contributed by atoms with Crippen molar-refractivity contribution >= 4 is 23.7 Å². The van der Waals surface area contributed by atoms with Gasteiger partial charge in [-0.3, -0.25) is 9.59 Å². The van der Waals surface area contributed by atoms with Gasteiger partial charge in [0.2, 0.25) is 0 Å². The predicted octanol–water partition coefficient (Wildman–Crippen LogP) is 2.58. The molecule has 0 bridgehead atoms. The maximum absolute atomic E-state index is 11.9. The maximum atomic E-state index is 11.9. The van der Waals surface area contributed by atoms with Crippen LogP contribution in [0.2, 0.25) is 0 Å². The van der Waals surface area contributed by atoms with Crippen LogP contribution in [0.1, 0.15) is 19.4 Å². The minimum absolute atomic E-state index is 0.441. The molecule has 0 aromatic heterocycles. The molecule has 0 fully saturated rings. The van der Waals surface area contributed by atoms with Crippen molar-refractivity contribution in [2.75, 3.05) is 25.6 Å². The van der Waals surface area contributed by atoms with Gasteiger partial charge in [-0.15, -0.1) is 0 Å². The minimum atomic E-state index is -0.893. The molecule has 0 saturated carbocycles. The highest BCUT2D eigenvalue weighted by atomic mass is 16.5. The SMILES string of the molecule is CCOc1ccc(/C=N\NC(=O)C(=O)Nc2cccc(OC)c2)cc1OCC. The Morgan fingerprint density at radius 3 is 2.46 bits per heavy atom. The zero-order valence-corrected chi connectivity index (χ0v) is 16.0. The number of nitrogens with one attached hydrogen (secondary N) is 2. The van der Waals surface area contributed by atoms with E-state index in [-0.39, 0.29) is 0 Å². The van der Waals surface area contributed by atoms with E-state index in [1.54, 1.807) is 42.5 Å². The van der Waals surface area contributed by atoms with Crippen LogP contribution in [0.15, 0.2) is 47.6 Å². The number of amides is 2. The molecule has 0 atom stereocenters. The average Bonchev–Trinajstić information content (AvgIpc) is 2.70. The minimum Gasteiger partial charge on any atom is -0.497 e. The van der Waals surface area contributed by atoms with E-state index < -0.39 is 11.8 Å². The third-order valence-corrected chi connectivity index (χ3v) is 3.48. The quantitative estimate of drug-likeness (QED) is 0.413. The van der Waals surface area contributed by atoms with Crippen LogP contribution >= 0.6 is 0 Å². The second kappa shape index (κ2) is 10.6. The van der Waals surface area contributed by atoms with Crippen LogP contribution in [0.25, 0.3) is 0 Å². The molecule has 0 aliphatic rings. The lowest BCUT2D eigenvalue weighted by atomic mass is 10.2. The molecule has 0 aliphatic heterocycles. The summed E-state index contributed by atoms with van der Waals surface area (Å²) < 4.78 is 16.1. The van der Waals surface area contributed by atoms with Crippen LogP contribution in [0.3, 0.4) is 0 Å². The van der Waals surface area contributed by atoms with Gasteiger partial charge in [-0.25, -0.2) is 5.43 Å². The highest BCUT2D eigenvalue weighted by Gasteiger charge is 2.13. The van der Waals surface area contributed by atoms with Crippen molar-refractivity contribution in [3.05, 3.63) is 48.0 Å². The summed E-state index contributed by atoms with van der Waals surface area (Å²) >= 11 is 0. The van der Waals surface area contributed by atoms with Crippen molar-refractivity contribution in [2.24, 2.45) is 5.10 Å². The lowest BCUT2D eigenvalue weighted by Crippen LogP contribution is -2.32. The number of benzene rings is 2. The summed E-state index contributed by atoms with van der Waals surface area (Å²) in [6.07, 6.45) is 1.41. The van der Waals surface area contributed by atoms with Crippen LogP contribution in [-0.2, 0) is 9.59 Å². The first-order chi connectivity index (χ1) is 13.6. The molecule has 8 heteroatoms. The van der Waals surface area contributed by atoms with Crippen molar-refractivity contribution in [1.29, 1.82) is 0 Å². The third kappa shape index (κ3) is 6.01. The average molecular weight is 385 g/mol. The molecule has 2 N–H and O–H groups in total. The van der Waals surface area contributed by atoms with Crippen molar-refractivity contribution in [2.45, 2.75) is 13.8 Å². The number of anilines is 1. The number of rotatable bonds is 8. The van der Waals surface area contributed by atoms with E-state index in [1.165, 1.54) is 13.3 Å². The normalized spacial score (nSPS) is 10.4. The molecule has 0 radical (unpaired) electrons. The van der Waals surface area contributed by atoms with Crippen LogP contribution in [0.4, 0.5) is 5.69 Å². The van der Waals surface area contributed by atoms with Crippen molar-refractivity contribution in [3.8, 4) is 17.2 Å². The molecule has 0 heterocycles. The first kappa shape index (κ1) is 20.8. The van der Waals surface area contributed by atoms with E-state index >= 15 is 0 Å². The molecule has 0 saturated heterocycles. The molecule has 2 amide bonds. The van der Waals surface area contributed by atoms with Crippen LogP contribution in [0.5, 0.6) is 17.2 Å². The van der Waals surface area contributed by atoms with E-state index in [0.717, 1.165) is 0 Å². The highest BCUT2D eigenvalue weighted by molar-refractivity contribution is 6.39. The van der Waals surface area contributed by atoms with Crippen LogP contribution < -0.4 is 25.0 Å². The number of nitrogens with zero attached hydrogens (tertiary/aromatic N) is 1. The summed E-state index contributed by atoms with van der Waals surface area (Å²) in [5.41, 5.74) is 3.31. The summed E-state index contributed by atoms with van der Waals surface area (Å²) in [6.45, 7) is 4.77. The van der Waals surface area contributed by atoms with Crippen LogP contribution in [-0.4, -0.2) is 38.4 Å². The fraction of sp³-hybridized carbons (Fsp3) is 0.250. The van der Waals surface area contributed by atoms with E-state index in [1.807, 2.05) is 13.8 Å². The maximum Gasteiger partial charge on any atom is 0.329 e. The van der Waals surface area contributed by atoms with Gasteiger partial charge in [0.1, 0.15) is 5.75 Å². The molecular formula is C20H23N3O5. The van der Waals surface area contributed by atoms with Gasteiger partial charge in [-0.05, 0) is 49.7 Å². The van der Waals surface area contributed by atoms with Crippen molar-refractivity contribution in [3.63, 3.8) is 0 Å². The van der Waals surface area contributed by atoms with E-state index in [2.05, 4.69) is 15.8 Å². The molecule has 2 rings (SSSR count). The molecule has 8 nitrogen and oxygen atoms in total.